The summed E-state index contributed by atoms with van der Waals surface area (Å²) in [6, 6.07) is 4.91. The Morgan fingerprint density at radius 2 is 2.17 bits per heavy atom. The molecule has 0 heterocycles. The molecule has 0 aliphatic heterocycles. The molecule has 0 fully saturated rings. The minimum Gasteiger partial charge on any atom is -0.507 e. The zero-order valence-corrected chi connectivity index (χ0v) is 12.0. The largest absolute Gasteiger partial charge is 0.507 e. The molecule has 0 saturated carbocycles. The second-order valence-electron chi connectivity index (χ2n) is 4.58. The Balaban J connectivity index is 2.60. The standard InChI is InChI=1S/C12H15BrN2O3/c1-12(2,3)18-11(17)15-14-7-8-6-9(13)4-5-10(8)16/h4-7,16H,1-3H3,(H,15,17)/b14-7-. The maximum Gasteiger partial charge on any atom is 0.428 e. The first-order valence-electron chi connectivity index (χ1n) is 5.28. The Morgan fingerprint density at radius 3 is 2.78 bits per heavy atom. The maximum absolute atomic E-state index is 11.3. The molecule has 5 nitrogen and oxygen atoms in total. The monoisotopic (exact) mass is 314 g/mol. The summed E-state index contributed by atoms with van der Waals surface area (Å²) in [5.41, 5.74) is 2.13. The average Bonchev–Trinajstić information content (AvgIpc) is 2.20. The number of phenolic OH excluding ortho intramolecular Hbond substituents is 1. The second kappa shape index (κ2) is 5.86. The van der Waals surface area contributed by atoms with Crippen LogP contribution in [-0.4, -0.2) is 23.0 Å². The highest BCUT2D eigenvalue weighted by Gasteiger charge is 2.15. The van der Waals surface area contributed by atoms with Crippen molar-refractivity contribution in [3.8, 4) is 5.75 Å². The molecule has 18 heavy (non-hydrogen) atoms. The minimum absolute atomic E-state index is 0.0768. The van der Waals surface area contributed by atoms with Crippen LogP contribution in [0.5, 0.6) is 5.75 Å². The number of phenols is 1. The van der Waals surface area contributed by atoms with Crippen LogP contribution < -0.4 is 5.43 Å². The fourth-order valence-corrected chi connectivity index (χ4v) is 1.46. The van der Waals surface area contributed by atoms with Crippen molar-refractivity contribution in [3.05, 3.63) is 28.2 Å². The number of ether oxygens (including phenoxy) is 1. The summed E-state index contributed by atoms with van der Waals surface area (Å²) in [5.74, 6) is 0.0768. The van der Waals surface area contributed by atoms with E-state index in [0.717, 1.165) is 4.47 Å². The van der Waals surface area contributed by atoms with Crippen molar-refractivity contribution >= 4 is 28.2 Å². The van der Waals surface area contributed by atoms with Gasteiger partial charge in [0.1, 0.15) is 11.4 Å². The third-order valence-corrected chi connectivity index (χ3v) is 2.24. The van der Waals surface area contributed by atoms with Gasteiger partial charge in [0, 0.05) is 10.0 Å². The van der Waals surface area contributed by atoms with Crippen LogP contribution in [0, 0.1) is 0 Å². The molecule has 1 rings (SSSR count). The van der Waals surface area contributed by atoms with Crippen LogP contribution in [0.1, 0.15) is 26.3 Å². The van der Waals surface area contributed by atoms with Crippen LogP contribution in [0.3, 0.4) is 0 Å². The minimum atomic E-state index is -0.645. The van der Waals surface area contributed by atoms with Gasteiger partial charge in [-0.25, -0.2) is 10.2 Å². The number of hydrazone groups is 1. The summed E-state index contributed by atoms with van der Waals surface area (Å²) >= 11 is 3.27. The first kappa shape index (κ1) is 14.5. The summed E-state index contributed by atoms with van der Waals surface area (Å²) < 4.78 is 5.80. The first-order valence-corrected chi connectivity index (χ1v) is 6.08. The molecule has 0 bridgehead atoms. The predicted octanol–water partition coefficient (Wildman–Crippen LogP) is 3.01. The number of nitrogens with one attached hydrogen (secondary N) is 1. The van der Waals surface area contributed by atoms with E-state index in [1.54, 1.807) is 32.9 Å². The number of halogens is 1. The van der Waals surface area contributed by atoms with E-state index in [-0.39, 0.29) is 5.75 Å². The highest BCUT2D eigenvalue weighted by molar-refractivity contribution is 9.10. The Bertz CT molecular complexity index is 467. The lowest BCUT2D eigenvalue weighted by molar-refractivity contribution is 0.0529. The quantitative estimate of drug-likeness (QED) is 0.651. The number of carbonyl (C=O) groups is 1. The summed E-state index contributed by atoms with van der Waals surface area (Å²) in [6.07, 6.45) is 0.692. The van der Waals surface area contributed by atoms with Crippen molar-refractivity contribution in [2.24, 2.45) is 5.10 Å². The number of hydrogen-bond donors (Lipinski definition) is 2. The molecular weight excluding hydrogens is 300 g/mol. The van der Waals surface area contributed by atoms with E-state index in [0.29, 0.717) is 5.56 Å². The van der Waals surface area contributed by atoms with Gasteiger partial charge in [-0.15, -0.1) is 0 Å². The van der Waals surface area contributed by atoms with Crippen LogP contribution in [-0.2, 0) is 4.74 Å². The van der Waals surface area contributed by atoms with Crippen LogP contribution in [0.25, 0.3) is 0 Å². The molecule has 0 aliphatic carbocycles. The molecule has 0 radical (unpaired) electrons. The molecule has 0 aliphatic rings. The molecule has 0 atom stereocenters. The molecule has 1 aromatic carbocycles. The van der Waals surface area contributed by atoms with Gasteiger partial charge < -0.3 is 9.84 Å². The molecule has 0 spiro atoms. The van der Waals surface area contributed by atoms with Crippen LogP contribution in [0.4, 0.5) is 4.79 Å². The van der Waals surface area contributed by atoms with Crippen LogP contribution in [0.15, 0.2) is 27.8 Å². The number of carbonyl (C=O) groups excluding carboxylic acids is 1. The van der Waals surface area contributed by atoms with Gasteiger partial charge in [-0.1, -0.05) is 15.9 Å². The third kappa shape index (κ3) is 5.18. The van der Waals surface area contributed by atoms with Gasteiger partial charge in [-0.3, -0.25) is 0 Å². The Kier molecular flexibility index (Phi) is 4.72. The third-order valence-electron chi connectivity index (χ3n) is 1.75. The highest BCUT2D eigenvalue weighted by atomic mass is 79.9. The Labute approximate surface area is 114 Å². The Hall–Kier alpha value is -1.56. The van der Waals surface area contributed by atoms with E-state index in [1.807, 2.05) is 0 Å². The number of nitrogens with zero attached hydrogens (tertiary/aromatic N) is 1. The zero-order valence-electron chi connectivity index (χ0n) is 10.4. The summed E-state index contributed by atoms with van der Waals surface area (Å²) in [6.45, 7) is 5.28. The number of hydrogen-bond acceptors (Lipinski definition) is 4. The molecule has 2 N–H and O–H groups in total. The summed E-state index contributed by atoms with van der Waals surface area (Å²) in [4.78, 5) is 11.3. The number of benzene rings is 1. The van der Waals surface area contributed by atoms with Crippen molar-refractivity contribution in [2.75, 3.05) is 0 Å². The lowest BCUT2D eigenvalue weighted by Gasteiger charge is -2.18. The second-order valence-corrected chi connectivity index (χ2v) is 5.49. The van der Waals surface area contributed by atoms with Gasteiger partial charge in [0.25, 0.3) is 0 Å². The summed E-state index contributed by atoms with van der Waals surface area (Å²) in [7, 11) is 0. The molecule has 1 amide bonds. The molecule has 0 aromatic heterocycles. The Morgan fingerprint density at radius 1 is 1.50 bits per heavy atom. The topological polar surface area (TPSA) is 70.9 Å². The molecular formula is C12H15BrN2O3. The lowest BCUT2D eigenvalue weighted by Crippen LogP contribution is -2.29. The summed E-state index contributed by atoms with van der Waals surface area (Å²) in [5, 5.41) is 13.2. The predicted molar refractivity (Wildman–Crippen MR) is 72.8 cm³/mol. The van der Waals surface area contributed by atoms with E-state index in [9.17, 15) is 9.90 Å². The van der Waals surface area contributed by atoms with Gasteiger partial charge in [-0.05, 0) is 39.0 Å². The van der Waals surface area contributed by atoms with Crippen molar-refractivity contribution in [2.45, 2.75) is 26.4 Å². The van der Waals surface area contributed by atoms with Crippen molar-refractivity contribution in [3.63, 3.8) is 0 Å². The number of rotatable bonds is 2. The molecule has 0 saturated heterocycles. The van der Waals surface area contributed by atoms with E-state index < -0.39 is 11.7 Å². The zero-order chi connectivity index (χ0) is 13.8. The molecule has 98 valence electrons. The molecule has 6 heteroatoms. The van der Waals surface area contributed by atoms with Crippen LogP contribution in [0.2, 0.25) is 0 Å². The number of amides is 1. The van der Waals surface area contributed by atoms with E-state index in [4.69, 9.17) is 4.74 Å². The van der Waals surface area contributed by atoms with Crippen molar-refractivity contribution < 1.29 is 14.6 Å². The fourth-order valence-electron chi connectivity index (χ4n) is 1.08. The fraction of sp³-hybridized carbons (Fsp3) is 0.333. The SMILES string of the molecule is CC(C)(C)OC(=O)N/N=C\c1cc(Br)ccc1O. The smallest absolute Gasteiger partial charge is 0.428 e. The molecule has 0 unspecified atom stereocenters. The van der Waals surface area contributed by atoms with Crippen molar-refractivity contribution in [1.29, 1.82) is 0 Å². The maximum atomic E-state index is 11.3. The normalized spacial score (nSPS) is 11.6. The van der Waals surface area contributed by atoms with E-state index in [2.05, 4.69) is 26.5 Å². The van der Waals surface area contributed by atoms with Gasteiger partial charge in [0.15, 0.2) is 0 Å². The van der Waals surface area contributed by atoms with Gasteiger partial charge in [-0.2, -0.15) is 5.10 Å². The average molecular weight is 315 g/mol. The number of aromatic hydroxyl groups is 1. The lowest BCUT2D eigenvalue weighted by atomic mass is 10.2. The van der Waals surface area contributed by atoms with Crippen molar-refractivity contribution in [1.82, 2.24) is 5.43 Å². The van der Waals surface area contributed by atoms with Gasteiger partial charge in [0.2, 0.25) is 0 Å². The molecule has 1 aromatic rings. The van der Waals surface area contributed by atoms with E-state index >= 15 is 0 Å². The van der Waals surface area contributed by atoms with Gasteiger partial charge >= 0.3 is 6.09 Å². The van der Waals surface area contributed by atoms with Crippen LogP contribution >= 0.6 is 15.9 Å². The highest BCUT2D eigenvalue weighted by Crippen LogP contribution is 2.19. The van der Waals surface area contributed by atoms with E-state index in [1.165, 1.54) is 12.3 Å². The first-order chi connectivity index (χ1) is 8.28. The van der Waals surface area contributed by atoms with Gasteiger partial charge in [0.05, 0.1) is 6.21 Å².